The summed E-state index contributed by atoms with van der Waals surface area (Å²) in [6.07, 6.45) is 0. The molecule has 0 saturated heterocycles. The monoisotopic (exact) mass is 377 g/mol. The summed E-state index contributed by atoms with van der Waals surface area (Å²) in [5.74, 6) is 0.828. The second-order valence-corrected chi connectivity index (χ2v) is 5.16. The molecule has 0 fully saturated rings. The Labute approximate surface area is 123 Å². The molecule has 1 aromatic carbocycles. The molecule has 3 nitrogen and oxygen atoms in total. The minimum atomic E-state index is -0.448. The van der Waals surface area contributed by atoms with Crippen LogP contribution in [0.25, 0.3) is 11.4 Å². The van der Waals surface area contributed by atoms with Gasteiger partial charge in [-0.05, 0) is 47.7 Å². The molecule has 2 rings (SSSR count). The van der Waals surface area contributed by atoms with Crippen molar-refractivity contribution in [2.24, 2.45) is 0 Å². The van der Waals surface area contributed by atoms with Gasteiger partial charge in [0.15, 0.2) is 5.82 Å². The van der Waals surface area contributed by atoms with Gasteiger partial charge in [-0.1, -0.05) is 11.6 Å². The molecule has 2 aromatic rings. The van der Waals surface area contributed by atoms with Crippen molar-refractivity contribution in [1.29, 1.82) is 0 Å². The Hall–Kier alpha value is -0.950. The first-order valence-electron chi connectivity index (χ1n) is 5.20. The van der Waals surface area contributed by atoms with Gasteiger partial charge in [0, 0.05) is 12.6 Å². The summed E-state index contributed by atoms with van der Waals surface area (Å²) in [6, 6.07) is 4.45. The maximum absolute atomic E-state index is 13.1. The van der Waals surface area contributed by atoms with Crippen LogP contribution in [-0.2, 0) is 0 Å². The molecule has 1 heterocycles. The molecule has 0 spiro atoms. The predicted molar refractivity (Wildman–Crippen MR) is 79.4 cm³/mol. The van der Waals surface area contributed by atoms with Crippen LogP contribution in [0.3, 0.4) is 0 Å². The van der Waals surface area contributed by atoms with Crippen LogP contribution < -0.4 is 5.32 Å². The van der Waals surface area contributed by atoms with E-state index in [1.807, 2.05) is 6.92 Å². The number of aromatic nitrogens is 2. The van der Waals surface area contributed by atoms with E-state index in [-0.39, 0.29) is 5.02 Å². The Morgan fingerprint density at radius 1 is 1.33 bits per heavy atom. The smallest absolute Gasteiger partial charge is 0.161 e. The topological polar surface area (TPSA) is 37.8 Å². The number of hydrogen-bond donors (Lipinski definition) is 1. The molecule has 94 valence electrons. The SMILES string of the molecule is CNc1nc(-c2ccc(F)c(Cl)c2)nc(C)c1I. The van der Waals surface area contributed by atoms with Crippen molar-refractivity contribution in [3.05, 3.63) is 38.3 Å². The highest BCUT2D eigenvalue weighted by Crippen LogP contribution is 2.26. The van der Waals surface area contributed by atoms with Gasteiger partial charge in [-0.3, -0.25) is 0 Å². The molecule has 1 N–H and O–H groups in total. The highest BCUT2D eigenvalue weighted by molar-refractivity contribution is 14.1. The number of nitrogens with one attached hydrogen (secondary N) is 1. The molecule has 0 amide bonds. The molecular formula is C12H10ClFIN3. The van der Waals surface area contributed by atoms with E-state index in [0.29, 0.717) is 11.4 Å². The third-order valence-corrected chi connectivity index (χ3v) is 4.01. The quantitative estimate of drug-likeness (QED) is 0.807. The van der Waals surface area contributed by atoms with E-state index in [2.05, 4.69) is 37.9 Å². The minimum absolute atomic E-state index is 0.0679. The lowest BCUT2D eigenvalue weighted by Crippen LogP contribution is -2.02. The van der Waals surface area contributed by atoms with Crippen LogP contribution >= 0.6 is 34.2 Å². The molecule has 1 aromatic heterocycles. The van der Waals surface area contributed by atoms with Crippen molar-refractivity contribution in [1.82, 2.24) is 9.97 Å². The van der Waals surface area contributed by atoms with Gasteiger partial charge in [0.05, 0.1) is 14.3 Å². The summed E-state index contributed by atoms with van der Waals surface area (Å²) >= 11 is 7.94. The number of hydrogen-bond acceptors (Lipinski definition) is 3. The highest BCUT2D eigenvalue weighted by atomic mass is 127. The van der Waals surface area contributed by atoms with Crippen LogP contribution in [0.2, 0.25) is 5.02 Å². The van der Waals surface area contributed by atoms with E-state index in [0.717, 1.165) is 15.1 Å². The molecule has 18 heavy (non-hydrogen) atoms. The number of nitrogens with zero attached hydrogens (tertiary/aromatic N) is 2. The average molecular weight is 378 g/mol. The van der Waals surface area contributed by atoms with Gasteiger partial charge >= 0.3 is 0 Å². The van der Waals surface area contributed by atoms with Crippen LogP contribution in [0.5, 0.6) is 0 Å². The minimum Gasteiger partial charge on any atom is -0.372 e. The summed E-state index contributed by atoms with van der Waals surface area (Å²) in [5.41, 5.74) is 1.56. The van der Waals surface area contributed by atoms with Gasteiger partial charge < -0.3 is 5.32 Å². The van der Waals surface area contributed by atoms with Crippen LogP contribution in [-0.4, -0.2) is 17.0 Å². The third kappa shape index (κ3) is 2.56. The summed E-state index contributed by atoms with van der Waals surface area (Å²) in [4.78, 5) is 8.76. The first-order chi connectivity index (χ1) is 8.52. The lowest BCUT2D eigenvalue weighted by atomic mass is 10.2. The van der Waals surface area contributed by atoms with E-state index in [1.165, 1.54) is 12.1 Å². The molecule has 0 atom stereocenters. The van der Waals surface area contributed by atoms with Crippen molar-refractivity contribution in [3.63, 3.8) is 0 Å². The molecule has 0 aliphatic heterocycles. The van der Waals surface area contributed by atoms with E-state index in [9.17, 15) is 4.39 Å². The van der Waals surface area contributed by atoms with Crippen LogP contribution in [0.1, 0.15) is 5.69 Å². The Balaban J connectivity index is 2.57. The molecule has 0 bridgehead atoms. The molecule has 0 radical (unpaired) electrons. The number of anilines is 1. The predicted octanol–water partition coefficient (Wildman–Crippen LogP) is 3.89. The van der Waals surface area contributed by atoms with E-state index in [4.69, 9.17) is 11.6 Å². The van der Waals surface area contributed by atoms with E-state index >= 15 is 0 Å². The molecule has 0 saturated carbocycles. The van der Waals surface area contributed by atoms with Crippen LogP contribution in [0.4, 0.5) is 10.2 Å². The zero-order valence-corrected chi connectivity index (χ0v) is 12.7. The highest BCUT2D eigenvalue weighted by Gasteiger charge is 2.11. The molecule has 0 aliphatic rings. The summed E-state index contributed by atoms with van der Waals surface area (Å²) < 4.78 is 14.1. The lowest BCUT2D eigenvalue weighted by molar-refractivity contribution is 0.628. The average Bonchev–Trinajstić information content (AvgIpc) is 2.36. The second kappa shape index (κ2) is 5.36. The van der Waals surface area contributed by atoms with Gasteiger partial charge in [-0.15, -0.1) is 0 Å². The Bertz CT molecular complexity index is 604. The normalized spacial score (nSPS) is 10.5. The maximum Gasteiger partial charge on any atom is 0.161 e. The van der Waals surface area contributed by atoms with E-state index < -0.39 is 5.82 Å². The lowest BCUT2D eigenvalue weighted by Gasteiger charge is -2.09. The Kier molecular flexibility index (Phi) is 4.01. The van der Waals surface area contributed by atoms with Crippen molar-refractivity contribution in [2.75, 3.05) is 12.4 Å². The fourth-order valence-corrected chi connectivity index (χ4v) is 2.18. The number of benzene rings is 1. The van der Waals surface area contributed by atoms with E-state index in [1.54, 1.807) is 13.1 Å². The number of rotatable bonds is 2. The van der Waals surface area contributed by atoms with Crippen molar-refractivity contribution in [3.8, 4) is 11.4 Å². The fraction of sp³-hybridized carbons (Fsp3) is 0.167. The van der Waals surface area contributed by atoms with Gasteiger partial charge in [-0.25, -0.2) is 14.4 Å². The van der Waals surface area contributed by atoms with Crippen LogP contribution in [0, 0.1) is 16.3 Å². The molecular weight excluding hydrogens is 368 g/mol. The zero-order chi connectivity index (χ0) is 13.3. The largest absolute Gasteiger partial charge is 0.372 e. The molecule has 6 heteroatoms. The first kappa shape index (κ1) is 13.5. The summed E-state index contributed by atoms with van der Waals surface area (Å²) in [5, 5.41) is 3.07. The van der Waals surface area contributed by atoms with Gasteiger partial charge in [0.25, 0.3) is 0 Å². The van der Waals surface area contributed by atoms with Crippen LogP contribution in [0.15, 0.2) is 18.2 Å². The van der Waals surface area contributed by atoms with Crippen molar-refractivity contribution < 1.29 is 4.39 Å². The Morgan fingerprint density at radius 2 is 2.06 bits per heavy atom. The maximum atomic E-state index is 13.1. The number of aryl methyl sites for hydroxylation is 1. The van der Waals surface area contributed by atoms with Gasteiger partial charge in [0.2, 0.25) is 0 Å². The summed E-state index contributed by atoms with van der Waals surface area (Å²) in [7, 11) is 1.80. The Morgan fingerprint density at radius 3 is 2.67 bits per heavy atom. The molecule has 0 aliphatic carbocycles. The first-order valence-corrected chi connectivity index (χ1v) is 6.66. The van der Waals surface area contributed by atoms with Crippen molar-refractivity contribution in [2.45, 2.75) is 6.92 Å². The summed E-state index contributed by atoms with van der Waals surface area (Å²) in [6.45, 7) is 1.90. The zero-order valence-electron chi connectivity index (χ0n) is 9.76. The van der Waals surface area contributed by atoms with Gasteiger partial charge in [0.1, 0.15) is 11.6 Å². The number of halogens is 3. The second-order valence-electron chi connectivity index (χ2n) is 3.67. The standard InChI is InChI=1S/C12H10ClFIN3/c1-6-10(15)12(16-2)18-11(17-6)7-3-4-9(14)8(13)5-7/h3-5H,1-2H3,(H,16,17,18). The van der Waals surface area contributed by atoms with Gasteiger partial charge in [-0.2, -0.15) is 0 Å². The van der Waals surface area contributed by atoms with Crippen molar-refractivity contribution >= 4 is 40.0 Å². The third-order valence-electron chi connectivity index (χ3n) is 2.43. The molecule has 0 unspecified atom stereocenters. The fourth-order valence-electron chi connectivity index (χ4n) is 1.49.